The Bertz CT molecular complexity index is 838. The fourth-order valence-corrected chi connectivity index (χ4v) is 3.17. The number of nitrogens with zero attached hydrogens (tertiary/aromatic N) is 1. The van der Waals surface area contributed by atoms with Crippen molar-refractivity contribution < 1.29 is 23.8 Å². The second-order valence-corrected chi connectivity index (χ2v) is 5.89. The van der Waals surface area contributed by atoms with Crippen LogP contribution in [0.25, 0.3) is 0 Å². The summed E-state index contributed by atoms with van der Waals surface area (Å²) in [5.74, 6) is 0.731. The largest absolute Gasteiger partial charge is 0.504 e. The summed E-state index contributed by atoms with van der Waals surface area (Å²) in [7, 11) is 2.93. The Hall–Kier alpha value is -2.40. The van der Waals surface area contributed by atoms with Gasteiger partial charge in [0.2, 0.25) is 0 Å². The molecule has 5 heteroatoms. The molecule has 24 heavy (non-hydrogen) atoms. The highest BCUT2D eigenvalue weighted by Gasteiger charge is 2.27. The van der Waals surface area contributed by atoms with Gasteiger partial charge in [-0.1, -0.05) is 6.07 Å². The Morgan fingerprint density at radius 1 is 1.12 bits per heavy atom. The van der Waals surface area contributed by atoms with Crippen LogP contribution < -0.4 is 9.47 Å². The first kappa shape index (κ1) is 13.0. The van der Waals surface area contributed by atoms with Crippen LogP contribution >= 0.6 is 0 Å². The van der Waals surface area contributed by atoms with Gasteiger partial charge in [0, 0.05) is 16.7 Å². The van der Waals surface area contributed by atoms with E-state index in [2.05, 4.69) is 0 Å². The SMILES string of the molecule is [2H]C([2H])([2H])N1CCc2cc(O)c(OC)cc2C1Cc1ccc(O)c(OC)c1. The van der Waals surface area contributed by atoms with E-state index in [-0.39, 0.29) is 11.5 Å². The van der Waals surface area contributed by atoms with Gasteiger partial charge in [-0.3, -0.25) is 4.90 Å². The van der Waals surface area contributed by atoms with Crippen LogP contribution in [0.15, 0.2) is 30.3 Å². The van der Waals surface area contributed by atoms with Gasteiger partial charge in [0.15, 0.2) is 23.0 Å². The van der Waals surface area contributed by atoms with E-state index in [1.54, 1.807) is 24.3 Å². The monoisotopic (exact) mass is 332 g/mol. The van der Waals surface area contributed by atoms with Gasteiger partial charge < -0.3 is 19.7 Å². The lowest BCUT2D eigenvalue weighted by atomic mass is 9.88. The summed E-state index contributed by atoms with van der Waals surface area (Å²) in [6.45, 7) is -1.90. The molecule has 1 aliphatic heterocycles. The number of phenolic OH excluding ortho intramolecular Hbond substituents is 2. The lowest BCUT2D eigenvalue weighted by Gasteiger charge is -2.35. The molecule has 2 N–H and O–H groups in total. The minimum atomic E-state index is -2.26. The molecule has 128 valence electrons. The van der Waals surface area contributed by atoms with Crippen molar-refractivity contribution in [3.8, 4) is 23.0 Å². The molecule has 0 fully saturated rings. The van der Waals surface area contributed by atoms with Gasteiger partial charge in [0.05, 0.1) is 14.2 Å². The molecule has 0 aliphatic carbocycles. The number of phenols is 2. The third-order valence-corrected chi connectivity index (χ3v) is 4.47. The van der Waals surface area contributed by atoms with E-state index in [4.69, 9.17) is 13.6 Å². The standard InChI is InChI=1S/C19H23NO4/c1-20-7-6-13-10-17(22)19(24-3)11-14(13)15(20)8-12-4-5-16(21)18(9-12)23-2/h4-5,9-11,15,21-22H,6-8H2,1-3H3/i1D3. The fourth-order valence-electron chi connectivity index (χ4n) is 3.17. The van der Waals surface area contributed by atoms with Crippen LogP contribution in [0, 0.1) is 0 Å². The van der Waals surface area contributed by atoms with Crippen LogP contribution in [0.2, 0.25) is 0 Å². The molecule has 2 aromatic rings. The average Bonchev–Trinajstić information content (AvgIpc) is 2.61. The van der Waals surface area contributed by atoms with E-state index in [0.717, 1.165) is 16.7 Å². The molecule has 2 aromatic carbocycles. The van der Waals surface area contributed by atoms with Crippen LogP contribution in [-0.4, -0.2) is 42.9 Å². The van der Waals surface area contributed by atoms with Crippen molar-refractivity contribution in [1.82, 2.24) is 4.90 Å². The molecule has 1 aliphatic rings. The minimum absolute atomic E-state index is 0.0320. The Kier molecular flexibility index (Phi) is 3.57. The fraction of sp³-hybridized carbons (Fsp3) is 0.368. The topological polar surface area (TPSA) is 62.2 Å². The number of benzene rings is 2. The number of aromatic hydroxyl groups is 2. The maximum Gasteiger partial charge on any atom is 0.160 e. The summed E-state index contributed by atoms with van der Waals surface area (Å²) in [5, 5.41) is 19.9. The molecule has 1 atom stereocenters. The highest BCUT2D eigenvalue weighted by atomic mass is 16.5. The quantitative estimate of drug-likeness (QED) is 0.901. The van der Waals surface area contributed by atoms with Gasteiger partial charge in [-0.15, -0.1) is 0 Å². The molecule has 0 bridgehead atoms. The van der Waals surface area contributed by atoms with Crippen molar-refractivity contribution in [3.63, 3.8) is 0 Å². The number of hydrogen-bond acceptors (Lipinski definition) is 5. The Balaban J connectivity index is 2.06. The highest BCUT2D eigenvalue weighted by molar-refractivity contribution is 5.49. The molecule has 0 saturated heterocycles. The maximum absolute atomic E-state index is 10.1. The number of ether oxygens (including phenoxy) is 2. The van der Waals surface area contributed by atoms with Gasteiger partial charge in [-0.05, 0) is 60.8 Å². The zero-order valence-electron chi connectivity index (χ0n) is 16.7. The van der Waals surface area contributed by atoms with Gasteiger partial charge >= 0.3 is 0 Å². The number of likely N-dealkylation sites (N-methyl/N-ethyl adjacent to an activating group) is 1. The molecule has 0 spiro atoms. The summed E-state index contributed by atoms with van der Waals surface area (Å²) < 4.78 is 34.2. The van der Waals surface area contributed by atoms with Crippen molar-refractivity contribution in [2.75, 3.05) is 27.7 Å². The minimum Gasteiger partial charge on any atom is -0.504 e. The number of hydrogen-bond donors (Lipinski definition) is 2. The molecule has 1 unspecified atom stereocenters. The Morgan fingerprint density at radius 2 is 1.88 bits per heavy atom. The van der Waals surface area contributed by atoms with E-state index in [1.807, 2.05) is 0 Å². The van der Waals surface area contributed by atoms with Gasteiger partial charge in [0.25, 0.3) is 0 Å². The summed E-state index contributed by atoms with van der Waals surface area (Å²) in [4.78, 5) is 1.49. The molecule has 0 aromatic heterocycles. The van der Waals surface area contributed by atoms with Crippen molar-refractivity contribution in [2.24, 2.45) is 0 Å². The molecular formula is C19H23NO4. The van der Waals surface area contributed by atoms with E-state index < -0.39 is 13.0 Å². The Labute approximate surface area is 146 Å². The van der Waals surface area contributed by atoms with Gasteiger partial charge in [0.1, 0.15) is 0 Å². The summed E-state index contributed by atoms with van der Waals surface area (Å²) in [6.07, 6.45) is 0.941. The van der Waals surface area contributed by atoms with E-state index in [1.165, 1.54) is 25.2 Å². The van der Waals surface area contributed by atoms with Gasteiger partial charge in [-0.2, -0.15) is 0 Å². The first-order chi connectivity index (χ1) is 12.7. The zero-order valence-corrected chi connectivity index (χ0v) is 13.7. The first-order valence-corrected chi connectivity index (χ1v) is 7.77. The molecular weight excluding hydrogens is 306 g/mol. The van der Waals surface area contributed by atoms with E-state index in [9.17, 15) is 10.2 Å². The van der Waals surface area contributed by atoms with Crippen LogP contribution in [0.1, 0.15) is 26.8 Å². The lowest BCUT2D eigenvalue weighted by molar-refractivity contribution is 0.228. The zero-order chi connectivity index (χ0) is 19.8. The normalized spacial score (nSPS) is 19.8. The highest BCUT2D eigenvalue weighted by Crippen LogP contribution is 2.39. The molecule has 1 heterocycles. The lowest BCUT2D eigenvalue weighted by Crippen LogP contribution is -2.33. The van der Waals surface area contributed by atoms with E-state index >= 15 is 0 Å². The van der Waals surface area contributed by atoms with Crippen LogP contribution in [0.3, 0.4) is 0 Å². The van der Waals surface area contributed by atoms with Crippen molar-refractivity contribution in [2.45, 2.75) is 18.9 Å². The Morgan fingerprint density at radius 3 is 2.58 bits per heavy atom. The second-order valence-electron chi connectivity index (χ2n) is 5.89. The predicted octanol–water partition coefficient (Wildman–Crippen LogP) is 2.89. The van der Waals surface area contributed by atoms with Crippen LogP contribution in [0.4, 0.5) is 0 Å². The summed E-state index contributed by atoms with van der Waals surface area (Å²) in [6, 6.07) is 7.93. The molecule has 5 nitrogen and oxygen atoms in total. The molecule has 0 amide bonds. The number of rotatable bonds is 4. The molecule has 0 saturated carbocycles. The predicted molar refractivity (Wildman–Crippen MR) is 92.1 cm³/mol. The van der Waals surface area contributed by atoms with Crippen molar-refractivity contribution >= 4 is 0 Å². The van der Waals surface area contributed by atoms with Crippen molar-refractivity contribution in [1.29, 1.82) is 0 Å². The van der Waals surface area contributed by atoms with Crippen molar-refractivity contribution in [3.05, 3.63) is 47.0 Å². The second kappa shape index (κ2) is 6.61. The third kappa shape index (κ3) is 2.99. The molecule has 0 radical (unpaired) electrons. The smallest absolute Gasteiger partial charge is 0.160 e. The average molecular weight is 332 g/mol. The first-order valence-electron chi connectivity index (χ1n) is 9.27. The summed E-state index contributed by atoms with van der Waals surface area (Å²) >= 11 is 0. The maximum atomic E-state index is 10.1. The number of fused-ring (bicyclic) bond motifs is 1. The summed E-state index contributed by atoms with van der Waals surface area (Å²) in [5.41, 5.74) is 2.56. The van der Waals surface area contributed by atoms with Crippen LogP contribution in [0.5, 0.6) is 23.0 Å². The van der Waals surface area contributed by atoms with E-state index in [0.29, 0.717) is 30.9 Å². The third-order valence-electron chi connectivity index (χ3n) is 4.47. The van der Waals surface area contributed by atoms with Crippen LogP contribution in [-0.2, 0) is 12.8 Å². The van der Waals surface area contributed by atoms with Gasteiger partial charge in [-0.25, -0.2) is 0 Å². The molecule has 3 rings (SSSR count). The number of methoxy groups -OCH3 is 2.